The van der Waals surface area contributed by atoms with Gasteiger partial charge in [0, 0.05) is 114 Å². The van der Waals surface area contributed by atoms with Crippen molar-refractivity contribution >= 4 is 83.2 Å². The van der Waals surface area contributed by atoms with Gasteiger partial charge in [0.2, 0.25) is 83.2 Å². The minimum absolute atomic E-state index is 0. The molecule has 0 spiro atoms. The van der Waals surface area contributed by atoms with Crippen molar-refractivity contribution in [3.05, 3.63) is 0 Å². The van der Waals surface area contributed by atoms with Crippen LogP contribution in [-0.4, -0.2) is 516 Å². The Hall–Kier alpha value is 5.68. The molecule has 40 atom stereocenters. The van der Waals surface area contributed by atoms with E-state index in [4.69, 9.17) is 185 Å². The van der Waals surface area contributed by atoms with Gasteiger partial charge in [0.25, 0.3) is 0 Å². The molecule has 30 saturated heterocycles. The summed E-state index contributed by atoms with van der Waals surface area (Å²) >= 11 is 0. The van der Waals surface area contributed by atoms with E-state index in [-0.39, 0.29) is 236 Å². The maximum Gasteiger partial charge on any atom is 1.00 e. The average molecular weight is 2340 g/mol. The van der Waals surface area contributed by atoms with Gasteiger partial charge < -0.3 is 188 Å². The van der Waals surface area contributed by atoms with E-state index in [1.807, 2.05) is 0 Å². The molecule has 30 rings (SSSR count). The third kappa shape index (κ3) is 41.2. The molecule has 3 unspecified atom stereocenters. The Morgan fingerprint density at radius 1 is 0.146 bits per heavy atom. The van der Waals surface area contributed by atoms with Gasteiger partial charge in [-0.2, -0.15) is 0 Å². The minimum Gasteiger partial charge on any atom is -0.726 e. The molecule has 0 aromatic carbocycles. The van der Waals surface area contributed by atoms with Crippen molar-refractivity contribution in [1.82, 2.24) is 0 Å². The second kappa shape index (κ2) is 66.0. The molecule has 144 heavy (non-hydrogen) atoms. The molecular weight excluding hydrogens is 2230 g/mol. The maximum atomic E-state index is 12.5. The second-order valence-electron chi connectivity index (χ2n) is 29.9. The number of methoxy groups -OCH3 is 16. The summed E-state index contributed by atoms with van der Waals surface area (Å²) in [6, 6.07) is 0. The fourth-order valence-corrected chi connectivity index (χ4v) is 19.3. The van der Waals surface area contributed by atoms with E-state index in [1.165, 1.54) is 0 Å². The van der Waals surface area contributed by atoms with Crippen molar-refractivity contribution in [3.63, 3.8) is 0 Å². The zero-order valence-corrected chi connectivity index (χ0v) is 105. The Morgan fingerprint density at radius 2 is 0.222 bits per heavy atom. The van der Waals surface area contributed by atoms with Crippen molar-refractivity contribution in [2.24, 2.45) is 0 Å². The smallest absolute Gasteiger partial charge is 0.726 e. The van der Waals surface area contributed by atoms with E-state index >= 15 is 0 Å². The average Bonchev–Trinajstić information content (AvgIpc) is 0.698. The van der Waals surface area contributed by atoms with Gasteiger partial charge in [-0.25, -0.2) is 67.3 Å². The zero-order chi connectivity index (χ0) is 101. The van der Waals surface area contributed by atoms with Crippen molar-refractivity contribution < 1.29 is 525 Å². The molecule has 800 valence electrons. The molecule has 0 amide bonds. The van der Waals surface area contributed by atoms with E-state index in [9.17, 15) is 104 Å². The fourth-order valence-electron chi connectivity index (χ4n) is 16.9. The first-order valence-electron chi connectivity index (χ1n) is 39.4. The third-order valence-electron chi connectivity index (χ3n) is 22.4. The number of rotatable bonds is 40. The summed E-state index contributed by atoms with van der Waals surface area (Å²) in [4.78, 5) is 0. The molecule has 80 heteroatoms. The zero-order valence-electron chi connectivity index (χ0n) is 82.1. The van der Waals surface area contributed by atoms with Crippen LogP contribution >= 0.6 is 0 Å². The predicted octanol–water partition coefficient (Wildman–Crippen LogP) is -35.0. The number of hydrogen-bond donors (Lipinski definition) is 0. The molecule has 30 heterocycles. The molecule has 0 radical (unpaired) electrons. The Morgan fingerprint density at radius 3 is 0.285 bits per heavy atom. The quantitative estimate of drug-likeness (QED) is 0.0312. The summed E-state index contributed by atoms with van der Waals surface area (Å²) in [5, 5.41) is 0. The molecule has 0 aromatic rings. The molecule has 0 aromatic heterocycles. The van der Waals surface area contributed by atoms with Crippen LogP contribution in [0, 0.1) is 0 Å². The minimum atomic E-state index is -5.83. The molecule has 16 bridgehead atoms. The van der Waals surface area contributed by atoms with Crippen molar-refractivity contribution in [1.29, 1.82) is 0 Å². The van der Waals surface area contributed by atoms with Crippen molar-refractivity contribution in [2.45, 2.75) is 246 Å². The summed E-state index contributed by atoms with van der Waals surface area (Å²) in [6.45, 7) is -11.5. The molecule has 0 saturated carbocycles. The normalized spacial score (nSPS) is 38.7. The van der Waals surface area contributed by atoms with Crippen LogP contribution in [-0.2, 0) is 268 Å². The van der Waals surface area contributed by atoms with Gasteiger partial charge in [-0.05, 0) is 0 Å². The first kappa shape index (κ1) is 148. The molecular formula is C64H104Na8O64S8. The second-order valence-corrected chi connectivity index (χ2v) is 38.3. The summed E-state index contributed by atoms with van der Waals surface area (Å²) in [7, 11) is -30.9. The van der Waals surface area contributed by atoms with Crippen LogP contribution in [0.5, 0.6) is 0 Å². The standard InChI is InChI=1S/C64H112O64S8.8Na/c1-89-41-33-25(17-105-129(65,66)67)113-57(49(41)97-9)122-34-26(18-106-130(68,69)70)115-59(51(99-11)42(34)90-2)124-36-28(20-108-132(74,75)76)117-61(53(101-13)44(36)92-4)126-38-30(22-110-134(80,81)82)119-63(55(103-15)46(38)94-6)128-40-32(24-112-136(86,87)88)120-64(56(104-16)48(40)96-8)127-39-31(23-111-135(83,84)85)118-62(54(102-14)47(39)95-7)125-37-29(21-109-133(77,78)79)116-60(52(100-12)45(37)93-5)123-35-27(19-107-131(71,72)73)114-58(121-33)50(98-10)43(35)91-3;;;;;;;;/h25-64H,17-24H2,1-16H3,(H,65,66,67)(H,68,69,70)(H,71,72,73)(H,74,75,76)(H,77,78,79)(H,80,81,82)(H,83,84,85)(H,86,87,88);;;;;;;;/q;8*+1/p-8/t25-,26-,27-,28-,29-,30-,31-,32-,33-,34-,35-,36-,37-,38-,39-,40-,41-,42?,43+,44+,45+,46+,47+,48?,49-,50-,51-,52-,53-,54-,55-,56-,57-,58-,59-,60-,61-,62?,63-,64-;;;;;;;;/m1......../s1. The van der Waals surface area contributed by atoms with E-state index in [1.54, 1.807) is 0 Å². The van der Waals surface area contributed by atoms with Crippen LogP contribution in [0.15, 0.2) is 0 Å². The monoisotopic (exact) mass is 2340 g/mol. The van der Waals surface area contributed by atoms with E-state index < -0.39 is 382 Å². The summed E-state index contributed by atoms with van der Waals surface area (Å²) in [5.74, 6) is 0. The van der Waals surface area contributed by atoms with Crippen LogP contribution in [0.2, 0.25) is 0 Å². The summed E-state index contributed by atoms with van der Waals surface area (Å²) in [6.07, 6.45) is -80.5. The maximum absolute atomic E-state index is 12.5. The Bertz CT molecular complexity index is 3850. The third-order valence-corrected chi connectivity index (χ3v) is 25.8. The number of hydrogen-bond acceptors (Lipinski definition) is 64. The van der Waals surface area contributed by atoms with Gasteiger partial charge in [-0.1, -0.05) is 0 Å². The molecule has 30 aliphatic heterocycles. The van der Waals surface area contributed by atoms with Crippen LogP contribution in [0.4, 0.5) is 0 Å². The van der Waals surface area contributed by atoms with Crippen LogP contribution < -0.4 is 236 Å². The largest absolute Gasteiger partial charge is 1.00 e. The molecule has 0 aliphatic carbocycles. The first-order valence-corrected chi connectivity index (χ1v) is 50.1. The Balaban J connectivity index is 0.0000130. The van der Waals surface area contributed by atoms with Crippen molar-refractivity contribution in [2.75, 3.05) is 167 Å². The molecule has 30 aliphatic rings. The van der Waals surface area contributed by atoms with Gasteiger partial charge >= 0.3 is 236 Å². The summed E-state index contributed by atoms with van der Waals surface area (Å²) in [5.41, 5.74) is 0. The van der Waals surface area contributed by atoms with Crippen LogP contribution in [0.25, 0.3) is 0 Å². The van der Waals surface area contributed by atoms with Gasteiger partial charge in [-0.3, -0.25) is 33.5 Å². The fraction of sp³-hybridized carbons (Fsp3) is 1.00. The van der Waals surface area contributed by atoms with Gasteiger partial charge in [0.1, 0.15) is 195 Å². The predicted molar refractivity (Wildman–Crippen MR) is 406 cm³/mol. The number of ether oxygens (including phenoxy) is 32. The molecule has 30 fully saturated rings. The van der Waals surface area contributed by atoms with Gasteiger partial charge in [0.05, 0.1) is 52.9 Å². The van der Waals surface area contributed by atoms with Crippen molar-refractivity contribution in [3.8, 4) is 0 Å². The van der Waals surface area contributed by atoms with E-state index in [0.717, 1.165) is 114 Å². The van der Waals surface area contributed by atoms with Crippen LogP contribution in [0.3, 0.4) is 0 Å². The van der Waals surface area contributed by atoms with Gasteiger partial charge in [0.15, 0.2) is 50.3 Å². The Labute approximate surface area is 1010 Å². The van der Waals surface area contributed by atoms with E-state index in [0.29, 0.717) is 0 Å². The first-order chi connectivity index (χ1) is 63.7. The SMILES string of the molecule is COC1[C@@H](OC)[C@H]2O[C@H]3[C@H](OC)[C@@H](OC)C(O[C@H]4[C@H](OC)[C@@H](OC)[C@@H](O[C@H]5[C@H](OC)[C@@H](OC)[C@@H](O[C@H]6[C@@H](OC)[C@@H](OC)[C@H](O[C@@H]6COS(=O)(=O)[O-])O[C@H]6C(OC)[C@@H](OC)[C@@H](O[C@H]7[C@H](OC)[C@@H](OC)[C@@H](O[C@H]8[C@H](OC)[C@@H](OC)[C@H](O[C@@H]8COS(=O)(=O)[O-])O[C@@H]1[C@@H](COS(=O)(=O)[O-])O2)O[C@@H]7COS(=O)(=O)[O-])O[C@@H]6COS(=O)(=O)[O-])O[C@@H]5COS(=O)(=O)[O-])O[C@@H]4COS(=O)(=O)[O-])O[C@@H]3COS(=O)(=O)[O-].[Na+].[Na+].[Na+].[Na+].[Na+].[Na+].[Na+].[Na+]. The van der Waals surface area contributed by atoms with Gasteiger partial charge in [-0.15, -0.1) is 0 Å². The molecule has 0 N–H and O–H groups in total. The summed E-state index contributed by atoms with van der Waals surface area (Å²) < 4.78 is 536. The van der Waals surface area contributed by atoms with Crippen LogP contribution in [0.1, 0.15) is 0 Å². The van der Waals surface area contributed by atoms with E-state index in [2.05, 4.69) is 0 Å². The Kier molecular flexibility index (Phi) is 67.7. The topological polar surface area (TPSA) is 827 Å². The molecule has 64 nitrogen and oxygen atoms in total.